The number of carbonyl (C=O) groups excluding carboxylic acids is 1. The third-order valence-corrected chi connectivity index (χ3v) is 0.719. The zero-order chi connectivity index (χ0) is 6.41. The van der Waals surface area contributed by atoms with Gasteiger partial charge in [-0.05, 0) is 0 Å². The molecule has 0 saturated carbocycles. The molecule has 0 amide bonds. The van der Waals surface area contributed by atoms with Crippen LogP contribution in [0.15, 0.2) is 0 Å². The van der Waals surface area contributed by atoms with Crippen molar-refractivity contribution in [2.75, 3.05) is 19.6 Å². The Labute approximate surface area is 70.8 Å². The van der Waals surface area contributed by atoms with Gasteiger partial charge in [0.05, 0.1) is 5.97 Å². The molecule has 4 nitrogen and oxygen atoms in total. The SMILES string of the molecule is [I-].[NH3+]CC[NH2+]CC(=O)[O-]. The van der Waals surface area contributed by atoms with Crippen LogP contribution in [0.5, 0.6) is 0 Å². The number of halogens is 1. The van der Waals surface area contributed by atoms with Crippen molar-refractivity contribution in [3.05, 3.63) is 0 Å². The summed E-state index contributed by atoms with van der Waals surface area (Å²) >= 11 is 0. The average molecular weight is 246 g/mol. The van der Waals surface area contributed by atoms with Gasteiger partial charge in [-0.1, -0.05) is 0 Å². The second-order valence-corrected chi connectivity index (χ2v) is 1.51. The minimum atomic E-state index is -1.02. The highest BCUT2D eigenvalue weighted by atomic mass is 127. The number of quaternary nitrogens is 2. The van der Waals surface area contributed by atoms with Crippen molar-refractivity contribution >= 4 is 5.97 Å². The molecule has 0 aromatic rings. The summed E-state index contributed by atoms with van der Waals surface area (Å²) in [5.74, 6) is -1.02. The van der Waals surface area contributed by atoms with Crippen LogP contribution < -0.4 is 40.1 Å². The molecule has 0 radical (unpaired) electrons. The van der Waals surface area contributed by atoms with Crippen molar-refractivity contribution in [2.45, 2.75) is 0 Å². The lowest BCUT2D eigenvalue weighted by atomic mass is 10.6. The van der Waals surface area contributed by atoms with Crippen LogP contribution in [0.2, 0.25) is 0 Å². The van der Waals surface area contributed by atoms with Crippen LogP contribution >= 0.6 is 0 Å². The Morgan fingerprint density at radius 1 is 1.67 bits per heavy atom. The maximum absolute atomic E-state index is 9.71. The highest BCUT2D eigenvalue weighted by molar-refractivity contribution is 5.64. The predicted molar refractivity (Wildman–Crippen MR) is 24.4 cm³/mol. The van der Waals surface area contributed by atoms with E-state index in [1.807, 2.05) is 0 Å². The number of aliphatic carboxylic acids is 1. The standard InChI is InChI=1S/C4H10N2O2.HI/c5-1-2-6-3-4(7)8;/h6H,1-3,5H2,(H,7,8);1H. The zero-order valence-electron chi connectivity index (χ0n) is 5.10. The number of carbonyl (C=O) groups is 1. The van der Waals surface area contributed by atoms with Gasteiger partial charge in [0.2, 0.25) is 0 Å². The van der Waals surface area contributed by atoms with Gasteiger partial charge < -0.3 is 44.9 Å². The van der Waals surface area contributed by atoms with E-state index in [4.69, 9.17) is 0 Å². The first-order valence-corrected chi connectivity index (χ1v) is 2.58. The summed E-state index contributed by atoms with van der Waals surface area (Å²) in [5.41, 5.74) is 3.54. The van der Waals surface area contributed by atoms with Crippen LogP contribution in [-0.4, -0.2) is 25.6 Å². The first kappa shape index (κ1) is 11.9. The second kappa shape index (κ2) is 8.12. The van der Waals surface area contributed by atoms with E-state index in [9.17, 15) is 9.90 Å². The van der Waals surface area contributed by atoms with E-state index < -0.39 is 5.97 Å². The summed E-state index contributed by atoms with van der Waals surface area (Å²) in [7, 11) is 0. The Morgan fingerprint density at radius 2 is 2.22 bits per heavy atom. The fraction of sp³-hybridized carbons (Fsp3) is 0.750. The number of rotatable bonds is 4. The van der Waals surface area contributed by atoms with Crippen LogP contribution in [-0.2, 0) is 4.79 Å². The monoisotopic (exact) mass is 246 g/mol. The van der Waals surface area contributed by atoms with Crippen molar-refractivity contribution in [1.29, 1.82) is 0 Å². The normalized spacial score (nSPS) is 8.11. The van der Waals surface area contributed by atoms with E-state index in [2.05, 4.69) is 5.73 Å². The summed E-state index contributed by atoms with van der Waals surface area (Å²) in [6.45, 7) is 1.57. The van der Waals surface area contributed by atoms with Crippen LogP contribution in [0.3, 0.4) is 0 Å². The molecule has 0 rings (SSSR count). The van der Waals surface area contributed by atoms with Crippen LogP contribution in [0.25, 0.3) is 0 Å². The fourth-order valence-corrected chi connectivity index (χ4v) is 0.364. The van der Waals surface area contributed by atoms with Crippen molar-refractivity contribution < 1.29 is 44.9 Å². The van der Waals surface area contributed by atoms with Crippen molar-refractivity contribution in [3.63, 3.8) is 0 Å². The Bertz CT molecular complexity index is 79.0. The van der Waals surface area contributed by atoms with Crippen molar-refractivity contribution in [2.24, 2.45) is 0 Å². The number of carboxylic acids is 1. The summed E-state index contributed by atoms with van der Waals surface area (Å²) < 4.78 is 0. The number of nitrogens with two attached hydrogens (primary N) is 1. The van der Waals surface area contributed by atoms with Gasteiger partial charge in [-0.2, -0.15) is 0 Å². The first-order chi connectivity index (χ1) is 3.77. The van der Waals surface area contributed by atoms with Gasteiger partial charge in [0.15, 0.2) is 0 Å². The summed E-state index contributed by atoms with van der Waals surface area (Å²) in [6, 6.07) is 0. The minimum absolute atomic E-state index is 0. The molecule has 0 saturated heterocycles. The van der Waals surface area contributed by atoms with E-state index >= 15 is 0 Å². The molecule has 5 N–H and O–H groups in total. The highest BCUT2D eigenvalue weighted by Crippen LogP contribution is 1.36. The van der Waals surface area contributed by atoms with Gasteiger partial charge in [-0.25, -0.2) is 0 Å². The Balaban J connectivity index is 0. The van der Waals surface area contributed by atoms with Crippen molar-refractivity contribution in [1.82, 2.24) is 0 Å². The van der Waals surface area contributed by atoms with E-state index in [0.29, 0.717) is 0 Å². The Hall–Kier alpha value is 0.120. The molecule has 0 aliphatic rings. The summed E-state index contributed by atoms with van der Waals surface area (Å²) in [5, 5.41) is 11.4. The number of hydrogen-bond acceptors (Lipinski definition) is 2. The van der Waals surface area contributed by atoms with Crippen LogP contribution in [0.1, 0.15) is 0 Å². The van der Waals surface area contributed by atoms with E-state index in [0.717, 1.165) is 13.1 Å². The molecule has 0 aromatic carbocycles. The van der Waals surface area contributed by atoms with Gasteiger partial charge in [0.1, 0.15) is 19.6 Å². The molecule has 0 unspecified atom stereocenters. The largest absolute Gasteiger partial charge is 1.00 e. The van der Waals surface area contributed by atoms with Gasteiger partial charge in [0, 0.05) is 0 Å². The molecule has 0 fully saturated rings. The lowest BCUT2D eigenvalue weighted by molar-refractivity contribution is -0.665. The topological polar surface area (TPSA) is 84.4 Å². The molecule has 0 heterocycles. The van der Waals surface area contributed by atoms with Crippen molar-refractivity contribution in [3.8, 4) is 0 Å². The van der Waals surface area contributed by atoms with E-state index in [-0.39, 0.29) is 30.5 Å². The molecule has 0 aliphatic carbocycles. The van der Waals surface area contributed by atoms with Gasteiger partial charge in [-0.3, -0.25) is 0 Å². The van der Waals surface area contributed by atoms with E-state index in [1.54, 1.807) is 5.32 Å². The van der Waals surface area contributed by atoms with E-state index in [1.165, 1.54) is 0 Å². The Morgan fingerprint density at radius 3 is 2.56 bits per heavy atom. The average Bonchev–Trinajstić information content (AvgIpc) is 1.66. The molecule has 0 aromatic heterocycles. The number of hydrogen-bond donors (Lipinski definition) is 2. The van der Waals surface area contributed by atoms with Crippen LogP contribution in [0.4, 0.5) is 0 Å². The lowest BCUT2D eigenvalue weighted by Crippen LogP contribution is -3.00. The third-order valence-electron chi connectivity index (χ3n) is 0.719. The molecule has 56 valence electrons. The van der Waals surface area contributed by atoms with Crippen LogP contribution in [0, 0.1) is 0 Å². The molecule has 9 heavy (non-hydrogen) atoms. The lowest BCUT2D eigenvalue weighted by Gasteiger charge is -1.96. The van der Waals surface area contributed by atoms with Gasteiger partial charge in [-0.15, -0.1) is 0 Å². The highest BCUT2D eigenvalue weighted by Gasteiger charge is 1.86. The van der Waals surface area contributed by atoms with Gasteiger partial charge in [0.25, 0.3) is 0 Å². The maximum Gasteiger partial charge on any atom is 0.125 e. The molecule has 5 heteroatoms. The van der Waals surface area contributed by atoms with Gasteiger partial charge >= 0.3 is 0 Å². The quantitative estimate of drug-likeness (QED) is 0.381. The number of carboxylic acid groups (broad SMARTS) is 1. The summed E-state index contributed by atoms with van der Waals surface area (Å²) in [6.07, 6.45) is 0. The molecule has 0 aliphatic heterocycles. The molecule has 0 bridgehead atoms. The fourth-order valence-electron chi connectivity index (χ4n) is 0.364. The molecule has 0 atom stereocenters. The zero-order valence-corrected chi connectivity index (χ0v) is 7.26. The second-order valence-electron chi connectivity index (χ2n) is 1.51. The molecular formula is C4H11IN2O2. The minimum Gasteiger partial charge on any atom is -1.00 e. The smallest absolute Gasteiger partial charge is 0.125 e. The molecule has 0 spiro atoms. The maximum atomic E-state index is 9.71. The predicted octanol–water partition coefficient (Wildman–Crippen LogP) is -7.45. The Kier molecular flexibility index (Phi) is 10.7. The third kappa shape index (κ3) is 11.6. The summed E-state index contributed by atoms with van der Waals surface area (Å²) in [4.78, 5) is 9.71. The molecular weight excluding hydrogens is 235 g/mol. The first-order valence-electron chi connectivity index (χ1n) is 2.58.